The molecule has 0 amide bonds. The lowest BCUT2D eigenvalue weighted by molar-refractivity contribution is -0.0682. The lowest BCUT2D eigenvalue weighted by Crippen LogP contribution is -2.47. The fourth-order valence-electron chi connectivity index (χ4n) is 2.48. The van der Waals surface area contributed by atoms with Crippen LogP contribution >= 0.6 is 0 Å². The maximum absolute atomic E-state index is 12.3. The molecule has 0 bridgehead atoms. The third-order valence-corrected chi connectivity index (χ3v) is 3.59. The van der Waals surface area contributed by atoms with Gasteiger partial charge in [0.25, 0.3) is 0 Å². The van der Waals surface area contributed by atoms with Crippen molar-refractivity contribution in [1.82, 2.24) is 0 Å². The molecular formula is C14H12O6. The maximum atomic E-state index is 12.3. The summed E-state index contributed by atoms with van der Waals surface area (Å²) in [5.41, 5.74) is -0.140. The van der Waals surface area contributed by atoms with Gasteiger partial charge in [0.15, 0.2) is 11.5 Å². The van der Waals surface area contributed by atoms with Gasteiger partial charge in [-0.3, -0.25) is 9.59 Å². The van der Waals surface area contributed by atoms with Gasteiger partial charge in [-0.1, -0.05) is 0 Å². The van der Waals surface area contributed by atoms with Gasteiger partial charge in [-0.25, -0.2) is 0 Å². The summed E-state index contributed by atoms with van der Waals surface area (Å²) in [7, 11) is 0. The average molecular weight is 276 g/mol. The van der Waals surface area contributed by atoms with Crippen molar-refractivity contribution in [3.63, 3.8) is 0 Å². The van der Waals surface area contributed by atoms with Crippen LogP contribution in [0.4, 0.5) is 0 Å². The Kier molecular flexibility index (Phi) is 2.67. The average Bonchev–Trinajstić information content (AvgIpc) is 2.41. The molecule has 0 radical (unpaired) electrons. The Hall–Kier alpha value is -2.18. The number of aliphatic hydroxyl groups is 2. The minimum atomic E-state index is -1.49. The molecule has 3 N–H and O–H groups in total. The van der Waals surface area contributed by atoms with E-state index in [2.05, 4.69) is 0 Å². The Morgan fingerprint density at radius 1 is 1.10 bits per heavy atom. The number of carbonyl (C=O) groups excluding carboxylic acids is 2. The summed E-state index contributed by atoms with van der Waals surface area (Å²) >= 11 is 0. The molecule has 0 spiro atoms. The Bertz CT molecular complexity index is 660. The highest BCUT2D eigenvalue weighted by Crippen LogP contribution is 2.35. The number of Topliss-reactive ketones (excluding diaryl/α,β-unsaturated/α-hetero) is 2. The molecule has 104 valence electrons. The molecule has 0 aromatic heterocycles. The molecule has 1 aromatic rings. The first kappa shape index (κ1) is 12.8. The van der Waals surface area contributed by atoms with E-state index in [0.717, 1.165) is 6.07 Å². The second-order valence-corrected chi connectivity index (χ2v) is 4.89. The Balaban J connectivity index is 2.21. The second kappa shape index (κ2) is 4.16. The topological polar surface area (TPSA) is 104 Å². The summed E-state index contributed by atoms with van der Waals surface area (Å²) < 4.78 is 5.28. The van der Waals surface area contributed by atoms with Crippen LogP contribution in [0.1, 0.15) is 27.6 Å². The Labute approximate surface area is 113 Å². The van der Waals surface area contributed by atoms with Gasteiger partial charge in [0.1, 0.15) is 24.1 Å². The number of hydrogen-bond acceptors (Lipinski definition) is 6. The molecule has 2 aliphatic rings. The van der Waals surface area contributed by atoms with Crippen LogP contribution in [0.3, 0.4) is 0 Å². The highest BCUT2D eigenvalue weighted by molar-refractivity contribution is 6.26. The summed E-state index contributed by atoms with van der Waals surface area (Å²) in [5, 5.41) is 29.2. The van der Waals surface area contributed by atoms with Crippen LogP contribution < -0.4 is 0 Å². The van der Waals surface area contributed by atoms with Crippen LogP contribution in [0.25, 0.3) is 0 Å². The number of benzene rings is 1. The van der Waals surface area contributed by atoms with Crippen molar-refractivity contribution in [1.29, 1.82) is 0 Å². The van der Waals surface area contributed by atoms with Crippen LogP contribution in [0.2, 0.25) is 0 Å². The summed E-state index contributed by atoms with van der Waals surface area (Å²) in [5.74, 6) is -1.54. The van der Waals surface area contributed by atoms with Crippen LogP contribution in [0.5, 0.6) is 5.75 Å². The number of aliphatic hydroxyl groups excluding tert-OH is 2. The minimum absolute atomic E-state index is 0.00171. The zero-order valence-corrected chi connectivity index (χ0v) is 10.5. The number of rotatable bonds is 0. The fourth-order valence-corrected chi connectivity index (χ4v) is 2.48. The van der Waals surface area contributed by atoms with E-state index in [1.165, 1.54) is 19.1 Å². The predicted molar refractivity (Wildman–Crippen MR) is 66.4 cm³/mol. The molecule has 1 aliphatic carbocycles. The standard InChI is InChI=1S/C14H12O6/c1-5-10(16)13(19)9-11(17)8-4-6(15)2-3-7(8)12(18)14(9)20-5/h2-5,10,13,15-16,19H,1H3. The molecule has 0 saturated heterocycles. The lowest BCUT2D eigenvalue weighted by Gasteiger charge is -2.35. The monoisotopic (exact) mass is 276 g/mol. The predicted octanol–water partition coefficient (Wildman–Crippen LogP) is 0.166. The summed E-state index contributed by atoms with van der Waals surface area (Å²) in [4.78, 5) is 24.6. The molecule has 20 heavy (non-hydrogen) atoms. The molecule has 1 aromatic carbocycles. The molecule has 6 heteroatoms. The normalized spacial score (nSPS) is 28.9. The Morgan fingerprint density at radius 2 is 1.80 bits per heavy atom. The molecule has 1 heterocycles. The first-order valence-electron chi connectivity index (χ1n) is 6.11. The van der Waals surface area contributed by atoms with Gasteiger partial charge in [-0.2, -0.15) is 0 Å². The number of phenolic OH excluding ortho intramolecular Hbond substituents is 1. The first-order valence-corrected chi connectivity index (χ1v) is 6.11. The van der Waals surface area contributed by atoms with Gasteiger partial charge in [0, 0.05) is 11.1 Å². The molecule has 3 atom stereocenters. The van der Waals surface area contributed by atoms with E-state index in [-0.39, 0.29) is 28.2 Å². The van der Waals surface area contributed by atoms with Crippen molar-refractivity contribution in [2.75, 3.05) is 0 Å². The van der Waals surface area contributed by atoms with Crippen molar-refractivity contribution in [2.24, 2.45) is 0 Å². The number of hydrogen-bond donors (Lipinski definition) is 3. The van der Waals surface area contributed by atoms with Crippen LogP contribution in [-0.2, 0) is 4.74 Å². The number of ketones is 2. The van der Waals surface area contributed by atoms with E-state index in [1.807, 2.05) is 0 Å². The number of carbonyl (C=O) groups is 2. The Morgan fingerprint density at radius 3 is 2.50 bits per heavy atom. The first-order chi connectivity index (χ1) is 9.41. The van der Waals surface area contributed by atoms with Gasteiger partial charge in [0.05, 0.1) is 5.57 Å². The largest absolute Gasteiger partial charge is 0.508 e. The second-order valence-electron chi connectivity index (χ2n) is 4.89. The molecule has 3 rings (SSSR count). The molecular weight excluding hydrogens is 264 g/mol. The highest BCUT2D eigenvalue weighted by Gasteiger charge is 2.45. The zero-order chi connectivity index (χ0) is 14.6. The number of aromatic hydroxyl groups is 1. The molecule has 0 saturated carbocycles. The summed E-state index contributed by atoms with van der Waals surface area (Å²) in [6, 6.07) is 3.80. The van der Waals surface area contributed by atoms with E-state index < -0.39 is 29.9 Å². The van der Waals surface area contributed by atoms with Crippen molar-refractivity contribution in [3.8, 4) is 5.75 Å². The summed E-state index contributed by atoms with van der Waals surface area (Å²) in [6.45, 7) is 1.50. The molecule has 0 fully saturated rings. The SMILES string of the molecule is CC1OC2=C(C(=O)c3cc(O)ccc3C2=O)C(O)C1O. The highest BCUT2D eigenvalue weighted by atomic mass is 16.5. The van der Waals surface area contributed by atoms with Crippen LogP contribution in [0, 0.1) is 0 Å². The number of fused-ring (bicyclic) bond motifs is 1. The zero-order valence-electron chi connectivity index (χ0n) is 10.5. The smallest absolute Gasteiger partial charge is 0.228 e. The molecule has 3 unspecified atom stereocenters. The van der Waals surface area contributed by atoms with E-state index >= 15 is 0 Å². The van der Waals surface area contributed by atoms with Crippen molar-refractivity contribution >= 4 is 11.6 Å². The quantitative estimate of drug-likeness (QED) is 0.624. The van der Waals surface area contributed by atoms with Crippen LogP contribution in [-0.4, -0.2) is 45.2 Å². The van der Waals surface area contributed by atoms with E-state index in [0.29, 0.717) is 0 Å². The fraction of sp³-hybridized carbons (Fsp3) is 0.286. The van der Waals surface area contributed by atoms with E-state index in [1.54, 1.807) is 0 Å². The van der Waals surface area contributed by atoms with Crippen molar-refractivity contribution in [3.05, 3.63) is 40.7 Å². The van der Waals surface area contributed by atoms with Crippen molar-refractivity contribution in [2.45, 2.75) is 25.2 Å². The minimum Gasteiger partial charge on any atom is -0.508 e. The lowest BCUT2D eigenvalue weighted by atomic mass is 9.82. The van der Waals surface area contributed by atoms with Gasteiger partial charge in [-0.05, 0) is 25.1 Å². The molecule has 6 nitrogen and oxygen atoms in total. The third-order valence-electron chi connectivity index (χ3n) is 3.59. The third kappa shape index (κ3) is 1.59. The van der Waals surface area contributed by atoms with Crippen LogP contribution in [0.15, 0.2) is 29.5 Å². The van der Waals surface area contributed by atoms with E-state index in [4.69, 9.17) is 4.74 Å². The van der Waals surface area contributed by atoms with Crippen molar-refractivity contribution < 1.29 is 29.6 Å². The van der Waals surface area contributed by atoms with Gasteiger partial charge >= 0.3 is 0 Å². The van der Waals surface area contributed by atoms with E-state index in [9.17, 15) is 24.9 Å². The van der Waals surface area contributed by atoms with Gasteiger partial charge < -0.3 is 20.1 Å². The molecule has 1 aliphatic heterocycles. The number of ether oxygens (including phenoxy) is 1. The summed E-state index contributed by atoms with van der Waals surface area (Å²) in [6.07, 6.45) is -3.57. The van der Waals surface area contributed by atoms with Gasteiger partial charge in [0.2, 0.25) is 5.78 Å². The number of allylic oxidation sites excluding steroid dienone is 1. The maximum Gasteiger partial charge on any atom is 0.228 e. The van der Waals surface area contributed by atoms with Gasteiger partial charge in [-0.15, -0.1) is 0 Å². The number of phenols is 1.